The van der Waals surface area contributed by atoms with E-state index in [1.165, 1.54) is 6.33 Å². The van der Waals surface area contributed by atoms with Crippen molar-refractivity contribution in [2.45, 2.75) is 63.4 Å². The number of imidazole rings is 1. The first-order valence-corrected chi connectivity index (χ1v) is 14.8. The topological polar surface area (TPSA) is 127 Å². The first-order valence-electron chi connectivity index (χ1n) is 9.32. The minimum absolute atomic E-state index is 0.0379. The highest BCUT2D eigenvalue weighted by Gasteiger charge is 2.55. The molecule has 4 heterocycles. The SMILES string of the molecule is CC(C)(C)[Si](C)(C)O[C@@H]1[C@@H]2OP(O)(=S)OC[C@H]2O[C@H]1n1cnc2c(N)ncnc21. The van der Waals surface area contributed by atoms with Crippen molar-refractivity contribution in [1.82, 2.24) is 19.5 Å². The van der Waals surface area contributed by atoms with Gasteiger partial charge in [-0.25, -0.2) is 15.0 Å². The number of aromatic nitrogens is 4. The van der Waals surface area contributed by atoms with Crippen LogP contribution in [0.2, 0.25) is 18.1 Å². The smallest absolute Gasteiger partial charge is 0.325 e. The lowest BCUT2D eigenvalue weighted by Crippen LogP contribution is -2.50. The van der Waals surface area contributed by atoms with E-state index in [2.05, 4.69) is 48.8 Å². The Morgan fingerprint density at radius 3 is 2.76 bits per heavy atom. The molecule has 0 radical (unpaired) electrons. The lowest BCUT2D eigenvalue weighted by Gasteiger charge is -2.41. The summed E-state index contributed by atoms with van der Waals surface area (Å²) in [5.41, 5.74) is 6.96. The molecule has 10 nitrogen and oxygen atoms in total. The van der Waals surface area contributed by atoms with Crippen molar-refractivity contribution in [3.8, 4) is 0 Å². The van der Waals surface area contributed by atoms with Crippen LogP contribution in [-0.4, -0.2) is 57.6 Å². The minimum atomic E-state index is -3.34. The Morgan fingerprint density at radius 1 is 1.34 bits per heavy atom. The highest BCUT2D eigenvalue weighted by Crippen LogP contribution is 2.54. The van der Waals surface area contributed by atoms with E-state index >= 15 is 0 Å². The van der Waals surface area contributed by atoms with Gasteiger partial charge in [0.25, 0.3) is 0 Å². The average Bonchev–Trinajstić information content (AvgIpc) is 3.16. The molecular weight excluding hydrogens is 433 g/mol. The van der Waals surface area contributed by atoms with Crippen LogP contribution in [0.1, 0.15) is 27.0 Å². The fourth-order valence-electron chi connectivity index (χ4n) is 3.24. The van der Waals surface area contributed by atoms with Crippen LogP contribution >= 0.6 is 6.72 Å². The second kappa shape index (κ2) is 7.03. The van der Waals surface area contributed by atoms with Gasteiger partial charge in [-0.05, 0) is 29.9 Å². The van der Waals surface area contributed by atoms with Crippen LogP contribution in [0.15, 0.2) is 12.7 Å². The summed E-state index contributed by atoms with van der Waals surface area (Å²) in [6.45, 7) is 7.56. The van der Waals surface area contributed by atoms with Gasteiger partial charge < -0.3 is 24.3 Å². The van der Waals surface area contributed by atoms with Gasteiger partial charge >= 0.3 is 6.72 Å². The molecule has 2 aromatic rings. The molecule has 2 saturated heterocycles. The molecule has 0 aromatic carbocycles. The van der Waals surface area contributed by atoms with Crippen molar-refractivity contribution < 1.29 is 23.1 Å². The lowest BCUT2D eigenvalue weighted by atomic mass is 10.1. The second-order valence-electron chi connectivity index (χ2n) is 8.83. The number of nitrogen functional groups attached to an aromatic ring is 1. The summed E-state index contributed by atoms with van der Waals surface area (Å²) in [6.07, 6.45) is 0.887. The van der Waals surface area contributed by atoms with Gasteiger partial charge in [-0.1, -0.05) is 20.8 Å². The third-order valence-corrected chi connectivity index (χ3v) is 11.9. The van der Waals surface area contributed by atoms with Gasteiger partial charge in [-0.2, -0.15) is 0 Å². The summed E-state index contributed by atoms with van der Waals surface area (Å²) in [5.74, 6) is 0.288. The zero-order valence-corrected chi connectivity index (χ0v) is 19.7. The largest absolute Gasteiger partial charge is 0.407 e. The van der Waals surface area contributed by atoms with Crippen molar-refractivity contribution in [3.63, 3.8) is 0 Å². The number of hydrogen-bond donors (Lipinski definition) is 2. The molecule has 13 heteroatoms. The molecule has 2 aliphatic heterocycles. The molecular formula is C16H26N5O5PSSi. The summed E-state index contributed by atoms with van der Waals surface area (Å²) in [6, 6.07) is 0. The normalized spacial score (nSPS) is 33.2. The highest BCUT2D eigenvalue weighted by atomic mass is 32.5. The van der Waals surface area contributed by atoms with Crippen LogP contribution in [0.3, 0.4) is 0 Å². The van der Waals surface area contributed by atoms with E-state index in [4.69, 9.17) is 35.8 Å². The first kappa shape index (κ1) is 21.3. The van der Waals surface area contributed by atoms with E-state index in [1.807, 2.05) is 0 Å². The number of fused-ring (bicyclic) bond motifs is 2. The minimum Gasteiger partial charge on any atom is -0.407 e. The van der Waals surface area contributed by atoms with Gasteiger partial charge in [-0.3, -0.25) is 9.09 Å². The van der Waals surface area contributed by atoms with Crippen LogP contribution in [-0.2, 0) is 30.0 Å². The summed E-state index contributed by atoms with van der Waals surface area (Å²) < 4.78 is 25.8. The Hall–Kier alpha value is -0.983. The average molecular weight is 460 g/mol. The fraction of sp³-hybridized carbons (Fsp3) is 0.688. The second-order valence-corrected chi connectivity index (χ2v) is 16.4. The van der Waals surface area contributed by atoms with Gasteiger partial charge in [0.15, 0.2) is 26.0 Å². The Morgan fingerprint density at radius 2 is 2.07 bits per heavy atom. The van der Waals surface area contributed by atoms with Crippen molar-refractivity contribution in [2.75, 3.05) is 12.3 Å². The molecule has 2 aromatic heterocycles. The molecule has 0 amide bonds. The molecule has 2 aliphatic rings. The number of ether oxygens (including phenoxy) is 1. The van der Waals surface area contributed by atoms with Crippen molar-refractivity contribution in [2.24, 2.45) is 0 Å². The van der Waals surface area contributed by atoms with E-state index in [1.54, 1.807) is 10.9 Å². The molecule has 0 aliphatic carbocycles. The monoisotopic (exact) mass is 459 g/mol. The molecule has 0 bridgehead atoms. The molecule has 29 heavy (non-hydrogen) atoms. The predicted molar refractivity (Wildman–Crippen MR) is 113 cm³/mol. The maximum absolute atomic E-state index is 10.2. The van der Waals surface area contributed by atoms with Crippen LogP contribution < -0.4 is 5.73 Å². The van der Waals surface area contributed by atoms with E-state index in [0.717, 1.165) is 0 Å². The van der Waals surface area contributed by atoms with Gasteiger partial charge in [0.1, 0.15) is 30.2 Å². The molecule has 3 N–H and O–H groups in total. The number of hydrogen-bond acceptors (Lipinski definition) is 9. The van der Waals surface area contributed by atoms with E-state index < -0.39 is 39.6 Å². The molecule has 5 atom stereocenters. The zero-order valence-electron chi connectivity index (χ0n) is 17.0. The Labute approximate surface area is 175 Å². The molecule has 2 fully saturated rings. The summed E-state index contributed by atoms with van der Waals surface area (Å²) in [4.78, 5) is 22.9. The first-order chi connectivity index (χ1) is 13.4. The summed E-state index contributed by atoms with van der Waals surface area (Å²) >= 11 is 5.09. The van der Waals surface area contributed by atoms with Gasteiger partial charge in [-0.15, -0.1) is 0 Å². The van der Waals surface area contributed by atoms with Gasteiger partial charge in [0, 0.05) is 0 Å². The third-order valence-electron chi connectivity index (χ3n) is 5.84. The molecule has 0 saturated carbocycles. The Balaban J connectivity index is 1.77. The third kappa shape index (κ3) is 3.76. The van der Waals surface area contributed by atoms with Gasteiger partial charge in [0.2, 0.25) is 0 Å². The van der Waals surface area contributed by atoms with E-state index in [9.17, 15) is 4.89 Å². The quantitative estimate of drug-likeness (QED) is 0.521. The Bertz CT molecular complexity index is 982. The number of nitrogens with zero attached hydrogens (tertiary/aromatic N) is 4. The van der Waals surface area contributed by atoms with Crippen LogP contribution in [0.25, 0.3) is 11.2 Å². The van der Waals surface area contributed by atoms with Crippen molar-refractivity contribution in [1.29, 1.82) is 0 Å². The molecule has 1 unspecified atom stereocenters. The maximum Gasteiger partial charge on any atom is 0.325 e. The van der Waals surface area contributed by atoms with Crippen molar-refractivity contribution >= 4 is 43.8 Å². The van der Waals surface area contributed by atoms with Crippen LogP contribution in [0.4, 0.5) is 5.82 Å². The van der Waals surface area contributed by atoms with Crippen molar-refractivity contribution in [3.05, 3.63) is 12.7 Å². The van der Waals surface area contributed by atoms with Crippen LogP contribution in [0.5, 0.6) is 0 Å². The summed E-state index contributed by atoms with van der Waals surface area (Å²) in [5, 5.41) is -0.0379. The number of anilines is 1. The van der Waals surface area contributed by atoms with Crippen LogP contribution in [0, 0.1) is 0 Å². The molecule has 160 valence electrons. The Kier molecular flexibility index (Phi) is 5.15. The lowest BCUT2D eigenvalue weighted by molar-refractivity contribution is -0.0590. The van der Waals surface area contributed by atoms with Gasteiger partial charge in [0.05, 0.1) is 12.9 Å². The molecule has 0 spiro atoms. The number of rotatable bonds is 3. The summed E-state index contributed by atoms with van der Waals surface area (Å²) in [7, 11) is -2.22. The predicted octanol–water partition coefficient (Wildman–Crippen LogP) is 2.33. The number of nitrogens with two attached hydrogens (primary N) is 1. The van der Waals surface area contributed by atoms with E-state index in [-0.39, 0.29) is 17.5 Å². The zero-order chi connectivity index (χ0) is 21.2. The maximum atomic E-state index is 10.2. The highest BCUT2D eigenvalue weighted by molar-refractivity contribution is 8.07. The van der Waals surface area contributed by atoms with E-state index in [0.29, 0.717) is 11.2 Å². The molecule has 4 rings (SSSR count). The standard InChI is InChI=1S/C16H26N5O5PSSi/c1-16(2,3)29(4,5)26-12-11-9(6-23-27(22,28)25-11)24-15(12)21-8-20-10-13(17)18-7-19-14(10)21/h7-9,11-12,15H,6H2,1-5H3,(H,22,28)(H2,17,18,19)/t9-,11-,12-,15-,27?/m1/s1. The fourth-order valence-corrected chi connectivity index (χ4v) is 5.97.